The van der Waals surface area contributed by atoms with Gasteiger partial charge in [0.05, 0.1) is 5.02 Å². The van der Waals surface area contributed by atoms with E-state index in [0.717, 1.165) is 5.39 Å². The molecule has 1 amide bonds. The van der Waals surface area contributed by atoms with Gasteiger partial charge in [0, 0.05) is 21.2 Å². The molecule has 0 radical (unpaired) electrons. The summed E-state index contributed by atoms with van der Waals surface area (Å²) in [6, 6.07) is 12.0. The smallest absolute Gasteiger partial charge is 0.291 e. The van der Waals surface area contributed by atoms with Crippen LogP contribution in [0.4, 0.5) is 11.4 Å². The van der Waals surface area contributed by atoms with Crippen molar-refractivity contribution in [3.8, 4) is 0 Å². The summed E-state index contributed by atoms with van der Waals surface area (Å²) >= 11 is 9.22. The Labute approximate surface area is 134 Å². The van der Waals surface area contributed by atoms with Crippen LogP contribution in [0.5, 0.6) is 0 Å². The second kappa shape index (κ2) is 5.42. The lowest BCUT2D eigenvalue weighted by Crippen LogP contribution is -2.10. The van der Waals surface area contributed by atoms with Crippen molar-refractivity contribution < 1.29 is 9.21 Å². The number of furan rings is 1. The van der Waals surface area contributed by atoms with E-state index in [1.54, 1.807) is 42.5 Å². The highest BCUT2D eigenvalue weighted by molar-refractivity contribution is 9.10. The van der Waals surface area contributed by atoms with E-state index in [9.17, 15) is 4.79 Å². The van der Waals surface area contributed by atoms with Gasteiger partial charge in [-0.25, -0.2) is 0 Å². The zero-order valence-electron chi connectivity index (χ0n) is 10.7. The summed E-state index contributed by atoms with van der Waals surface area (Å²) in [5.41, 5.74) is 7.56. The molecule has 0 saturated carbocycles. The number of hydrogen-bond acceptors (Lipinski definition) is 3. The van der Waals surface area contributed by atoms with Crippen LogP contribution in [0, 0.1) is 0 Å². The highest BCUT2D eigenvalue weighted by Crippen LogP contribution is 2.26. The molecule has 0 saturated heterocycles. The maximum atomic E-state index is 12.2. The summed E-state index contributed by atoms with van der Waals surface area (Å²) < 4.78 is 6.21. The van der Waals surface area contributed by atoms with Crippen LogP contribution in [-0.4, -0.2) is 5.91 Å². The number of amides is 1. The van der Waals surface area contributed by atoms with Gasteiger partial charge in [-0.2, -0.15) is 0 Å². The fourth-order valence-corrected chi connectivity index (χ4v) is 2.44. The first-order valence-corrected chi connectivity index (χ1v) is 7.25. The van der Waals surface area contributed by atoms with Crippen molar-refractivity contribution in [3.63, 3.8) is 0 Å². The highest BCUT2D eigenvalue weighted by Gasteiger charge is 2.13. The molecule has 1 aromatic heterocycles. The van der Waals surface area contributed by atoms with Gasteiger partial charge in [-0.15, -0.1) is 0 Å². The first-order chi connectivity index (χ1) is 10.0. The molecule has 2 aromatic carbocycles. The van der Waals surface area contributed by atoms with E-state index in [-0.39, 0.29) is 11.7 Å². The van der Waals surface area contributed by atoms with Gasteiger partial charge in [0.25, 0.3) is 5.91 Å². The van der Waals surface area contributed by atoms with E-state index >= 15 is 0 Å². The molecule has 4 nitrogen and oxygen atoms in total. The van der Waals surface area contributed by atoms with Crippen molar-refractivity contribution in [1.29, 1.82) is 0 Å². The second-order valence-corrected chi connectivity index (χ2v) is 5.75. The fraction of sp³-hybridized carbons (Fsp3) is 0. The lowest BCUT2D eigenvalue weighted by Gasteiger charge is -2.04. The Morgan fingerprint density at radius 3 is 2.76 bits per heavy atom. The normalized spacial score (nSPS) is 10.8. The van der Waals surface area contributed by atoms with Crippen LogP contribution in [-0.2, 0) is 0 Å². The van der Waals surface area contributed by atoms with E-state index in [1.165, 1.54) is 0 Å². The SMILES string of the molecule is Nc1ccc2oc(C(=O)Nc3ccc(Cl)c(Br)c3)cc2c1. The summed E-state index contributed by atoms with van der Waals surface area (Å²) in [5, 5.41) is 4.11. The van der Waals surface area contributed by atoms with Crippen LogP contribution >= 0.6 is 27.5 Å². The standard InChI is InChI=1S/C15H10BrClN2O2/c16-11-7-10(2-3-12(11)17)19-15(20)14-6-8-5-9(18)1-4-13(8)21-14/h1-7H,18H2,(H,19,20). The van der Waals surface area contributed by atoms with Crippen molar-refractivity contribution in [1.82, 2.24) is 0 Å². The molecule has 3 rings (SSSR count). The number of rotatable bonds is 2. The number of nitrogens with two attached hydrogens (primary N) is 1. The van der Waals surface area contributed by atoms with E-state index in [1.807, 2.05) is 0 Å². The lowest BCUT2D eigenvalue weighted by atomic mass is 10.2. The zero-order chi connectivity index (χ0) is 15.0. The van der Waals surface area contributed by atoms with Crippen LogP contribution in [0.3, 0.4) is 0 Å². The molecule has 0 bridgehead atoms. The Morgan fingerprint density at radius 1 is 1.19 bits per heavy atom. The van der Waals surface area contributed by atoms with Gasteiger partial charge < -0.3 is 15.5 Å². The maximum absolute atomic E-state index is 12.2. The Hall–Kier alpha value is -1.98. The lowest BCUT2D eigenvalue weighted by molar-refractivity contribution is 0.0998. The summed E-state index contributed by atoms with van der Waals surface area (Å²) in [6.07, 6.45) is 0. The Balaban J connectivity index is 1.87. The van der Waals surface area contributed by atoms with Crippen LogP contribution < -0.4 is 11.1 Å². The molecule has 0 aliphatic carbocycles. The molecule has 0 spiro atoms. The molecule has 0 fully saturated rings. The van der Waals surface area contributed by atoms with Gasteiger partial charge in [0.1, 0.15) is 5.58 Å². The van der Waals surface area contributed by atoms with Crippen LogP contribution in [0.15, 0.2) is 51.4 Å². The first-order valence-electron chi connectivity index (χ1n) is 6.08. The van der Waals surface area contributed by atoms with Gasteiger partial charge in [-0.05, 0) is 58.4 Å². The average Bonchev–Trinajstić information content (AvgIpc) is 2.86. The van der Waals surface area contributed by atoms with Gasteiger partial charge >= 0.3 is 0 Å². The molecule has 3 N–H and O–H groups in total. The third kappa shape index (κ3) is 2.89. The topological polar surface area (TPSA) is 68.3 Å². The number of carbonyl (C=O) groups is 1. The monoisotopic (exact) mass is 364 g/mol. The number of nitrogens with one attached hydrogen (secondary N) is 1. The first kappa shape index (κ1) is 14.0. The molecule has 0 aliphatic heterocycles. The number of benzene rings is 2. The molecule has 0 unspecified atom stereocenters. The van der Waals surface area contributed by atoms with Gasteiger partial charge in [-0.1, -0.05) is 11.6 Å². The predicted octanol–water partition coefficient (Wildman–Crippen LogP) is 4.68. The second-order valence-electron chi connectivity index (χ2n) is 4.49. The molecule has 3 aromatic rings. The number of hydrogen-bond donors (Lipinski definition) is 2. The molecule has 106 valence electrons. The van der Waals surface area contributed by atoms with E-state index in [4.69, 9.17) is 21.8 Å². The largest absolute Gasteiger partial charge is 0.451 e. The molecule has 0 aliphatic rings. The molecule has 0 atom stereocenters. The Morgan fingerprint density at radius 2 is 2.00 bits per heavy atom. The van der Waals surface area contributed by atoms with Crippen molar-refractivity contribution in [2.75, 3.05) is 11.1 Å². The number of nitrogen functional groups attached to an aromatic ring is 1. The van der Waals surface area contributed by atoms with E-state index in [0.29, 0.717) is 26.5 Å². The minimum absolute atomic E-state index is 0.224. The molecule has 21 heavy (non-hydrogen) atoms. The number of anilines is 2. The number of halogens is 2. The molecule has 6 heteroatoms. The zero-order valence-corrected chi connectivity index (χ0v) is 13.0. The number of carbonyl (C=O) groups excluding carboxylic acids is 1. The minimum atomic E-state index is -0.334. The highest BCUT2D eigenvalue weighted by atomic mass is 79.9. The Bertz CT molecular complexity index is 845. The average molecular weight is 366 g/mol. The Kier molecular flexibility index (Phi) is 3.61. The van der Waals surface area contributed by atoms with Crippen molar-refractivity contribution in [3.05, 3.63) is 57.7 Å². The van der Waals surface area contributed by atoms with Crippen molar-refractivity contribution in [2.45, 2.75) is 0 Å². The van der Waals surface area contributed by atoms with Crippen LogP contribution in [0.1, 0.15) is 10.6 Å². The third-order valence-corrected chi connectivity index (χ3v) is 4.16. The van der Waals surface area contributed by atoms with Gasteiger partial charge in [0.2, 0.25) is 0 Å². The maximum Gasteiger partial charge on any atom is 0.291 e. The summed E-state index contributed by atoms with van der Waals surface area (Å²) in [7, 11) is 0. The quantitative estimate of drug-likeness (QED) is 0.648. The van der Waals surface area contributed by atoms with E-state index < -0.39 is 0 Å². The van der Waals surface area contributed by atoms with E-state index in [2.05, 4.69) is 21.2 Å². The fourth-order valence-electron chi connectivity index (χ4n) is 1.94. The molecular weight excluding hydrogens is 356 g/mol. The number of fused-ring (bicyclic) bond motifs is 1. The predicted molar refractivity (Wildman–Crippen MR) is 87.7 cm³/mol. The molecule has 1 heterocycles. The van der Waals surface area contributed by atoms with Crippen molar-refractivity contribution in [2.24, 2.45) is 0 Å². The van der Waals surface area contributed by atoms with Gasteiger partial charge in [0.15, 0.2) is 5.76 Å². The van der Waals surface area contributed by atoms with Crippen LogP contribution in [0.25, 0.3) is 11.0 Å². The minimum Gasteiger partial charge on any atom is -0.451 e. The van der Waals surface area contributed by atoms with Gasteiger partial charge in [-0.3, -0.25) is 4.79 Å². The van der Waals surface area contributed by atoms with Crippen LogP contribution in [0.2, 0.25) is 5.02 Å². The third-order valence-electron chi connectivity index (χ3n) is 2.94. The van der Waals surface area contributed by atoms with Crippen molar-refractivity contribution >= 4 is 55.8 Å². The summed E-state index contributed by atoms with van der Waals surface area (Å²) in [6.45, 7) is 0. The molecular formula is C15H10BrClN2O2. The summed E-state index contributed by atoms with van der Waals surface area (Å²) in [4.78, 5) is 12.2. The summed E-state index contributed by atoms with van der Waals surface area (Å²) in [5.74, 6) is -0.110.